The van der Waals surface area contributed by atoms with Crippen LogP contribution in [0.5, 0.6) is 5.75 Å². The Bertz CT molecular complexity index is 828. The molecule has 7 nitrogen and oxygen atoms in total. The standard InChI is InChI=1S/C26H38N2O5/c1-26(2,3)33-25(30)27-21-8-6-15-28-22(21)17-32-19-12-10-18(11-13-19)20-7-4-5-9-23(20)31-16-14-24(28)29/h4-5,7,9,18-19,21-22H,6,8,10-17H2,1-3H3,(H,27,30)/t18-,19+,21?,22?. The van der Waals surface area contributed by atoms with Crippen molar-refractivity contribution in [2.75, 3.05) is 19.8 Å². The van der Waals surface area contributed by atoms with Gasteiger partial charge in [0.1, 0.15) is 11.4 Å². The number of carbonyl (C=O) groups is 2. The zero-order valence-electron chi connectivity index (χ0n) is 20.2. The van der Waals surface area contributed by atoms with Gasteiger partial charge in [-0.25, -0.2) is 4.79 Å². The molecule has 1 saturated carbocycles. The first kappa shape index (κ1) is 23.9. The van der Waals surface area contributed by atoms with Crippen LogP contribution >= 0.6 is 0 Å². The van der Waals surface area contributed by atoms with Crippen LogP contribution in [0.15, 0.2) is 24.3 Å². The molecule has 1 aromatic carbocycles. The fourth-order valence-corrected chi connectivity index (χ4v) is 5.32. The van der Waals surface area contributed by atoms with Crippen LogP contribution < -0.4 is 10.1 Å². The third-order valence-corrected chi connectivity index (χ3v) is 6.91. The van der Waals surface area contributed by atoms with Crippen molar-refractivity contribution in [3.8, 4) is 5.75 Å². The number of hydrogen-bond donors (Lipinski definition) is 1. The summed E-state index contributed by atoms with van der Waals surface area (Å²) in [6.07, 6.45) is 5.78. The molecule has 1 saturated heterocycles. The van der Waals surface area contributed by atoms with Crippen molar-refractivity contribution in [1.29, 1.82) is 0 Å². The van der Waals surface area contributed by atoms with Crippen molar-refractivity contribution in [3.05, 3.63) is 29.8 Å². The quantitative estimate of drug-likeness (QED) is 0.675. The van der Waals surface area contributed by atoms with Crippen LogP contribution in [0.3, 0.4) is 0 Å². The minimum absolute atomic E-state index is 0.0407. The first-order valence-electron chi connectivity index (χ1n) is 12.4. The molecule has 0 radical (unpaired) electrons. The molecule has 1 aliphatic carbocycles. The van der Waals surface area contributed by atoms with Crippen molar-refractivity contribution in [2.45, 2.75) is 95.4 Å². The number of fused-ring (bicyclic) bond motifs is 6. The third-order valence-electron chi connectivity index (χ3n) is 6.91. The summed E-state index contributed by atoms with van der Waals surface area (Å²) in [6.45, 7) is 6.99. The van der Waals surface area contributed by atoms with E-state index in [1.807, 2.05) is 37.8 Å². The Morgan fingerprint density at radius 1 is 1.12 bits per heavy atom. The summed E-state index contributed by atoms with van der Waals surface area (Å²) in [5.74, 6) is 1.40. The topological polar surface area (TPSA) is 77.1 Å². The Kier molecular flexibility index (Phi) is 7.47. The molecule has 2 fully saturated rings. The van der Waals surface area contributed by atoms with Gasteiger partial charge in [0.25, 0.3) is 0 Å². The van der Waals surface area contributed by atoms with Gasteiger partial charge in [-0.15, -0.1) is 0 Å². The van der Waals surface area contributed by atoms with Gasteiger partial charge in [0.15, 0.2) is 0 Å². The molecule has 2 bridgehead atoms. The summed E-state index contributed by atoms with van der Waals surface area (Å²) < 4.78 is 18.0. The van der Waals surface area contributed by atoms with E-state index < -0.39 is 11.7 Å². The highest BCUT2D eigenvalue weighted by atomic mass is 16.6. The number of piperidine rings is 1. The van der Waals surface area contributed by atoms with E-state index in [0.717, 1.165) is 44.3 Å². The van der Waals surface area contributed by atoms with E-state index in [-0.39, 0.29) is 24.1 Å². The van der Waals surface area contributed by atoms with Gasteiger partial charge in [-0.05, 0) is 76.8 Å². The number of benzene rings is 1. The van der Waals surface area contributed by atoms with Crippen LogP contribution in [0.4, 0.5) is 4.79 Å². The predicted octanol–water partition coefficient (Wildman–Crippen LogP) is 4.40. The Balaban J connectivity index is 1.51. The molecule has 1 aromatic rings. The number of rotatable bonds is 1. The number of ether oxygens (including phenoxy) is 3. The lowest BCUT2D eigenvalue weighted by atomic mass is 9.82. The lowest BCUT2D eigenvalue weighted by Crippen LogP contribution is -2.59. The number of hydrogen-bond acceptors (Lipinski definition) is 5. The first-order chi connectivity index (χ1) is 15.8. The van der Waals surface area contributed by atoms with Gasteiger partial charge in [0.2, 0.25) is 5.91 Å². The molecule has 3 heterocycles. The second-order valence-electron chi connectivity index (χ2n) is 10.5. The van der Waals surface area contributed by atoms with Crippen molar-refractivity contribution >= 4 is 12.0 Å². The summed E-state index contributed by atoms with van der Waals surface area (Å²) >= 11 is 0. The summed E-state index contributed by atoms with van der Waals surface area (Å²) in [6, 6.07) is 7.83. The van der Waals surface area contributed by atoms with Crippen LogP contribution in [0.1, 0.15) is 77.2 Å². The zero-order valence-corrected chi connectivity index (χ0v) is 20.2. The molecular weight excluding hydrogens is 420 g/mol. The van der Waals surface area contributed by atoms with Crippen LogP contribution in [-0.4, -0.2) is 60.4 Å². The molecule has 33 heavy (non-hydrogen) atoms. The smallest absolute Gasteiger partial charge is 0.407 e. The van der Waals surface area contributed by atoms with Gasteiger partial charge in [0.05, 0.1) is 37.8 Å². The van der Waals surface area contributed by atoms with Crippen molar-refractivity contribution < 1.29 is 23.8 Å². The first-order valence-corrected chi connectivity index (χ1v) is 12.4. The maximum Gasteiger partial charge on any atom is 0.407 e. The van der Waals surface area contributed by atoms with Gasteiger partial charge in [-0.1, -0.05) is 18.2 Å². The predicted molar refractivity (Wildman–Crippen MR) is 125 cm³/mol. The third kappa shape index (κ3) is 6.19. The Morgan fingerprint density at radius 3 is 2.64 bits per heavy atom. The molecular formula is C26H38N2O5. The summed E-state index contributed by atoms with van der Waals surface area (Å²) in [4.78, 5) is 27.6. The summed E-state index contributed by atoms with van der Waals surface area (Å²) in [7, 11) is 0. The van der Waals surface area contributed by atoms with E-state index in [0.29, 0.717) is 32.1 Å². The number of carbonyl (C=O) groups excluding carboxylic acids is 2. The monoisotopic (exact) mass is 458 g/mol. The Hall–Kier alpha value is -2.28. The fraction of sp³-hybridized carbons (Fsp3) is 0.692. The summed E-state index contributed by atoms with van der Waals surface area (Å²) in [5.41, 5.74) is 0.679. The summed E-state index contributed by atoms with van der Waals surface area (Å²) in [5, 5.41) is 3.02. The number of amides is 2. The molecule has 1 N–H and O–H groups in total. The van der Waals surface area contributed by atoms with E-state index in [1.165, 1.54) is 5.56 Å². The maximum atomic E-state index is 13.2. The van der Waals surface area contributed by atoms with Gasteiger partial charge in [0, 0.05) is 6.54 Å². The lowest BCUT2D eigenvalue weighted by molar-refractivity contribution is -0.139. The van der Waals surface area contributed by atoms with E-state index >= 15 is 0 Å². The minimum Gasteiger partial charge on any atom is -0.493 e. The van der Waals surface area contributed by atoms with Gasteiger partial charge in [-0.2, -0.15) is 0 Å². The van der Waals surface area contributed by atoms with Gasteiger partial charge in [-0.3, -0.25) is 4.79 Å². The van der Waals surface area contributed by atoms with E-state index in [9.17, 15) is 9.59 Å². The molecule has 182 valence electrons. The largest absolute Gasteiger partial charge is 0.493 e. The maximum absolute atomic E-state index is 13.2. The van der Waals surface area contributed by atoms with Crippen molar-refractivity contribution in [1.82, 2.24) is 10.2 Å². The average Bonchev–Trinajstić information content (AvgIpc) is 2.77. The van der Waals surface area contributed by atoms with E-state index in [1.54, 1.807) is 0 Å². The highest BCUT2D eigenvalue weighted by molar-refractivity contribution is 5.77. The Morgan fingerprint density at radius 2 is 1.88 bits per heavy atom. The minimum atomic E-state index is -0.569. The van der Waals surface area contributed by atoms with Crippen LogP contribution in [0, 0.1) is 0 Å². The van der Waals surface area contributed by atoms with Crippen LogP contribution in [0.2, 0.25) is 0 Å². The molecule has 7 heteroatoms. The SMILES string of the molecule is CC(C)(C)OC(=O)NC1CCCN2C(=O)CCOc3ccccc3[C@H]3CC[C@H](CC3)OCC12. The average molecular weight is 459 g/mol. The molecule has 2 atom stereocenters. The molecule has 3 aliphatic heterocycles. The van der Waals surface area contributed by atoms with Crippen LogP contribution in [-0.2, 0) is 14.3 Å². The molecule has 2 unspecified atom stereocenters. The molecule has 0 spiro atoms. The molecule has 5 rings (SSSR count). The number of para-hydroxylation sites is 1. The highest BCUT2D eigenvalue weighted by Gasteiger charge is 2.37. The second kappa shape index (κ2) is 10.3. The Labute approximate surface area is 197 Å². The molecule has 0 aromatic heterocycles. The van der Waals surface area contributed by atoms with Crippen molar-refractivity contribution in [3.63, 3.8) is 0 Å². The van der Waals surface area contributed by atoms with E-state index in [4.69, 9.17) is 14.2 Å². The normalized spacial score (nSPS) is 28.7. The molecule has 4 aliphatic rings. The fourth-order valence-electron chi connectivity index (χ4n) is 5.32. The van der Waals surface area contributed by atoms with Gasteiger partial charge >= 0.3 is 6.09 Å². The lowest BCUT2D eigenvalue weighted by Gasteiger charge is -2.42. The molecule has 2 amide bonds. The highest BCUT2D eigenvalue weighted by Crippen LogP contribution is 2.38. The van der Waals surface area contributed by atoms with E-state index in [2.05, 4.69) is 17.4 Å². The second-order valence-corrected chi connectivity index (χ2v) is 10.5. The number of nitrogens with zero attached hydrogens (tertiary/aromatic N) is 1. The number of nitrogens with one attached hydrogen (secondary N) is 1. The van der Waals surface area contributed by atoms with Crippen molar-refractivity contribution in [2.24, 2.45) is 0 Å². The van der Waals surface area contributed by atoms with Crippen LogP contribution in [0.25, 0.3) is 0 Å². The zero-order chi connectivity index (χ0) is 23.4. The van der Waals surface area contributed by atoms with Gasteiger partial charge < -0.3 is 24.4 Å². The number of alkyl carbamates (subject to hydrolysis) is 1.